The Labute approximate surface area is 123 Å². The van der Waals surface area contributed by atoms with Crippen molar-refractivity contribution < 1.29 is 9.90 Å². The highest BCUT2D eigenvalue weighted by molar-refractivity contribution is 5.94. The van der Waals surface area contributed by atoms with E-state index in [1.54, 1.807) is 12.1 Å². The smallest absolute Gasteiger partial charge is 0.150 e. The summed E-state index contributed by atoms with van der Waals surface area (Å²) in [4.78, 5) is 11.4. The van der Waals surface area contributed by atoms with Crippen molar-refractivity contribution in [3.05, 3.63) is 77.4 Å². The minimum atomic E-state index is 0.111. The zero-order valence-electron chi connectivity index (χ0n) is 11.8. The van der Waals surface area contributed by atoms with E-state index in [0.717, 1.165) is 22.6 Å². The Bertz CT molecular complexity index is 791. The number of benzene rings is 3. The minimum absolute atomic E-state index is 0.111. The summed E-state index contributed by atoms with van der Waals surface area (Å²) in [6.45, 7) is 2.10. The van der Waals surface area contributed by atoms with Crippen molar-refractivity contribution in [1.82, 2.24) is 0 Å². The fraction of sp³-hybridized carbons (Fsp3) is 0.105. The molecule has 104 valence electrons. The van der Waals surface area contributed by atoms with E-state index >= 15 is 0 Å². The highest BCUT2D eigenvalue weighted by Gasteiger charge is 2.16. The van der Waals surface area contributed by atoms with Gasteiger partial charge in [0.15, 0.2) is 0 Å². The summed E-state index contributed by atoms with van der Waals surface area (Å²) < 4.78 is 0. The summed E-state index contributed by atoms with van der Waals surface area (Å²) in [5.41, 5.74) is 2.87. The number of hydrogen-bond donors (Lipinski definition) is 1. The average Bonchev–Trinajstić information content (AvgIpc) is 2.53. The number of phenols is 1. The maximum Gasteiger partial charge on any atom is 0.150 e. The van der Waals surface area contributed by atoms with Crippen LogP contribution in [0.3, 0.4) is 0 Å². The third-order valence-electron chi connectivity index (χ3n) is 3.94. The van der Waals surface area contributed by atoms with Crippen LogP contribution < -0.4 is 0 Å². The molecule has 0 aliphatic heterocycles. The average molecular weight is 276 g/mol. The van der Waals surface area contributed by atoms with Gasteiger partial charge in [0, 0.05) is 11.5 Å². The Morgan fingerprint density at radius 2 is 1.76 bits per heavy atom. The van der Waals surface area contributed by atoms with Crippen LogP contribution in [0.1, 0.15) is 34.3 Å². The summed E-state index contributed by atoms with van der Waals surface area (Å²) in [5, 5.41) is 11.6. The molecule has 1 N–H and O–H groups in total. The number of fused-ring (bicyclic) bond motifs is 1. The largest absolute Gasteiger partial charge is 0.508 e. The molecule has 0 aromatic heterocycles. The van der Waals surface area contributed by atoms with Crippen LogP contribution in [0.4, 0.5) is 0 Å². The van der Waals surface area contributed by atoms with Gasteiger partial charge in [-0.05, 0) is 34.0 Å². The van der Waals surface area contributed by atoms with Crippen molar-refractivity contribution in [2.24, 2.45) is 0 Å². The van der Waals surface area contributed by atoms with Gasteiger partial charge in [-0.1, -0.05) is 55.5 Å². The Kier molecular flexibility index (Phi) is 3.44. The summed E-state index contributed by atoms with van der Waals surface area (Å²) in [7, 11) is 0. The third-order valence-corrected chi connectivity index (χ3v) is 3.94. The fourth-order valence-corrected chi connectivity index (χ4v) is 2.85. The Morgan fingerprint density at radius 1 is 1.00 bits per heavy atom. The van der Waals surface area contributed by atoms with Crippen LogP contribution in [0.2, 0.25) is 0 Å². The SMILES string of the molecule is CC(c1ccccc1)c1c(C=O)ccc2cc(O)ccc12. The second-order valence-electron chi connectivity index (χ2n) is 5.22. The molecule has 0 aliphatic rings. The zero-order valence-corrected chi connectivity index (χ0v) is 11.8. The molecule has 3 aromatic rings. The molecular weight excluding hydrogens is 260 g/mol. The van der Waals surface area contributed by atoms with Gasteiger partial charge in [0.25, 0.3) is 0 Å². The molecule has 0 spiro atoms. The van der Waals surface area contributed by atoms with Crippen molar-refractivity contribution in [2.75, 3.05) is 0 Å². The highest BCUT2D eigenvalue weighted by atomic mass is 16.3. The summed E-state index contributed by atoms with van der Waals surface area (Å²) in [6.07, 6.45) is 0.904. The minimum Gasteiger partial charge on any atom is -0.508 e. The van der Waals surface area contributed by atoms with Gasteiger partial charge in [-0.25, -0.2) is 0 Å². The second-order valence-corrected chi connectivity index (χ2v) is 5.22. The summed E-state index contributed by atoms with van der Waals surface area (Å²) in [5.74, 6) is 0.347. The van der Waals surface area contributed by atoms with Gasteiger partial charge in [0.05, 0.1) is 0 Å². The van der Waals surface area contributed by atoms with Gasteiger partial charge in [-0.15, -0.1) is 0 Å². The molecule has 0 heterocycles. The Morgan fingerprint density at radius 3 is 2.48 bits per heavy atom. The van der Waals surface area contributed by atoms with E-state index in [1.807, 2.05) is 36.4 Å². The molecule has 0 fully saturated rings. The number of phenolic OH excluding ortho intramolecular Hbond substituents is 1. The predicted molar refractivity (Wildman–Crippen MR) is 85.0 cm³/mol. The van der Waals surface area contributed by atoms with E-state index in [0.29, 0.717) is 5.56 Å². The Hall–Kier alpha value is -2.61. The normalized spacial score (nSPS) is 12.2. The first-order valence-corrected chi connectivity index (χ1v) is 6.96. The predicted octanol–water partition coefficient (Wildman–Crippen LogP) is 4.51. The molecular formula is C19H16O2. The van der Waals surface area contributed by atoms with Gasteiger partial charge in [-0.3, -0.25) is 4.79 Å². The van der Waals surface area contributed by atoms with E-state index in [4.69, 9.17) is 0 Å². The van der Waals surface area contributed by atoms with Crippen LogP contribution in [0.15, 0.2) is 60.7 Å². The van der Waals surface area contributed by atoms with Gasteiger partial charge < -0.3 is 5.11 Å². The molecule has 3 aromatic carbocycles. The number of aldehydes is 1. The number of carbonyl (C=O) groups is 1. The molecule has 0 bridgehead atoms. The van der Waals surface area contributed by atoms with Crippen LogP contribution >= 0.6 is 0 Å². The monoisotopic (exact) mass is 276 g/mol. The van der Waals surface area contributed by atoms with Gasteiger partial charge in [0.1, 0.15) is 12.0 Å². The quantitative estimate of drug-likeness (QED) is 0.715. The molecule has 2 heteroatoms. The van der Waals surface area contributed by atoms with Gasteiger partial charge in [0.2, 0.25) is 0 Å². The molecule has 1 unspecified atom stereocenters. The summed E-state index contributed by atoms with van der Waals surface area (Å²) in [6, 6.07) is 19.1. The number of hydrogen-bond acceptors (Lipinski definition) is 2. The lowest BCUT2D eigenvalue weighted by Gasteiger charge is -2.17. The molecule has 1 atom stereocenters. The molecule has 0 aliphatic carbocycles. The van der Waals surface area contributed by atoms with Crippen molar-refractivity contribution in [3.8, 4) is 5.75 Å². The first-order valence-electron chi connectivity index (χ1n) is 6.96. The molecule has 3 rings (SSSR count). The van der Waals surface area contributed by atoms with Gasteiger partial charge in [-0.2, -0.15) is 0 Å². The topological polar surface area (TPSA) is 37.3 Å². The fourth-order valence-electron chi connectivity index (χ4n) is 2.85. The summed E-state index contributed by atoms with van der Waals surface area (Å²) >= 11 is 0. The molecule has 0 radical (unpaired) electrons. The van der Waals surface area contributed by atoms with Crippen molar-refractivity contribution in [3.63, 3.8) is 0 Å². The van der Waals surface area contributed by atoms with Crippen molar-refractivity contribution in [1.29, 1.82) is 0 Å². The van der Waals surface area contributed by atoms with Crippen LogP contribution in [0.25, 0.3) is 10.8 Å². The second kappa shape index (κ2) is 5.41. The lowest BCUT2D eigenvalue weighted by Crippen LogP contribution is -2.02. The van der Waals surface area contributed by atoms with Crippen LogP contribution in [-0.4, -0.2) is 11.4 Å². The lowest BCUT2D eigenvalue weighted by atomic mass is 9.86. The Balaban J connectivity index is 2.26. The van der Waals surface area contributed by atoms with Crippen LogP contribution in [0.5, 0.6) is 5.75 Å². The molecule has 0 saturated carbocycles. The van der Waals surface area contributed by atoms with E-state index < -0.39 is 0 Å². The number of carbonyl (C=O) groups excluding carboxylic acids is 1. The highest BCUT2D eigenvalue weighted by Crippen LogP contribution is 2.34. The van der Waals surface area contributed by atoms with E-state index in [1.165, 1.54) is 5.56 Å². The number of aromatic hydroxyl groups is 1. The van der Waals surface area contributed by atoms with E-state index in [-0.39, 0.29) is 11.7 Å². The lowest BCUT2D eigenvalue weighted by molar-refractivity contribution is 0.112. The van der Waals surface area contributed by atoms with Crippen molar-refractivity contribution in [2.45, 2.75) is 12.8 Å². The zero-order chi connectivity index (χ0) is 14.8. The molecule has 0 saturated heterocycles. The first kappa shape index (κ1) is 13.4. The maximum atomic E-state index is 11.4. The first-order chi connectivity index (χ1) is 10.2. The maximum absolute atomic E-state index is 11.4. The van der Waals surface area contributed by atoms with Crippen LogP contribution in [-0.2, 0) is 0 Å². The molecule has 2 nitrogen and oxygen atoms in total. The van der Waals surface area contributed by atoms with Crippen molar-refractivity contribution >= 4 is 17.1 Å². The number of rotatable bonds is 3. The van der Waals surface area contributed by atoms with Gasteiger partial charge >= 0.3 is 0 Å². The van der Waals surface area contributed by atoms with E-state index in [9.17, 15) is 9.90 Å². The van der Waals surface area contributed by atoms with E-state index in [2.05, 4.69) is 19.1 Å². The molecule has 0 amide bonds. The molecule has 21 heavy (non-hydrogen) atoms. The third kappa shape index (κ3) is 2.40. The van der Waals surface area contributed by atoms with Crippen LogP contribution in [0, 0.1) is 0 Å². The standard InChI is InChI=1S/C19H16O2/c1-13(14-5-3-2-4-6-14)19-16(12-20)8-7-15-11-17(21)9-10-18(15)19/h2-13,21H,1H3.